The molecule has 0 atom stereocenters. The lowest BCUT2D eigenvalue weighted by atomic mass is 10.5. The molecule has 0 aromatic rings. The average molecular weight is 116 g/mol. The fourth-order valence-corrected chi connectivity index (χ4v) is 0.202. The average Bonchev–Trinajstić information content (AvgIpc) is 1.66. The van der Waals surface area contributed by atoms with Crippen LogP contribution in [0.3, 0.4) is 0 Å². The number of primary amides is 1. The van der Waals surface area contributed by atoms with Crippen molar-refractivity contribution in [3.63, 3.8) is 0 Å². The lowest BCUT2D eigenvalue weighted by molar-refractivity contribution is -0.116. The Bertz CT molecular complexity index is 100. The summed E-state index contributed by atoms with van der Waals surface area (Å²) in [4.78, 5) is 14.2. The van der Waals surface area contributed by atoms with E-state index >= 15 is 0 Å². The van der Waals surface area contributed by atoms with E-state index in [1.807, 2.05) is 0 Å². The van der Waals surface area contributed by atoms with Crippen molar-refractivity contribution >= 4 is 12.1 Å². The molecule has 0 saturated heterocycles. The molecule has 0 heterocycles. The Balaban J connectivity index is 3.16. The van der Waals surface area contributed by atoms with Crippen molar-refractivity contribution in [1.29, 1.82) is 0 Å². The predicted molar refractivity (Wildman–Crippen MR) is 29.3 cm³/mol. The second-order valence-electron chi connectivity index (χ2n) is 1.14. The molecule has 8 heavy (non-hydrogen) atoms. The third-order valence-corrected chi connectivity index (χ3v) is 0.472. The molecule has 0 aliphatic rings. The second kappa shape index (κ2) is 4.11. The van der Waals surface area contributed by atoms with E-state index in [1.54, 1.807) is 0 Å². The number of carbonyl (C=O) groups excluding carboxylic acids is 1. The Kier molecular flexibility index (Phi) is 3.56. The molecule has 0 saturated carbocycles. The normalized spacial score (nSPS) is 9.62. The van der Waals surface area contributed by atoms with Crippen LogP contribution in [0.2, 0.25) is 0 Å². The van der Waals surface area contributed by atoms with Crippen LogP contribution in [0, 0.1) is 0 Å². The first-order chi connectivity index (χ1) is 3.77. The molecule has 0 aliphatic heterocycles. The van der Waals surface area contributed by atoms with Crippen molar-refractivity contribution in [1.82, 2.24) is 0 Å². The minimum Gasteiger partial charge on any atom is -0.399 e. The molecule has 46 valence electrons. The third kappa shape index (κ3) is 4.94. The standard InChI is InChI=1S/C4H8N2O2/c1-8-6-3-2-4(5)7/h3H,2H2,1H3,(H2,5,7). The zero-order valence-electron chi connectivity index (χ0n) is 4.63. The summed E-state index contributed by atoms with van der Waals surface area (Å²) >= 11 is 0. The van der Waals surface area contributed by atoms with Crippen LogP contribution in [0.25, 0.3) is 0 Å². The first-order valence-electron chi connectivity index (χ1n) is 2.10. The highest BCUT2D eigenvalue weighted by Crippen LogP contribution is 1.70. The zero-order chi connectivity index (χ0) is 6.41. The van der Waals surface area contributed by atoms with Crippen LogP contribution >= 0.6 is 0 Å². The van der Waals surface area contributed by atoms with Crippen molar-refractivity contribution in [2.24, 2.45) is 10.9 Å². The number of amides is 1. The van der Waals surface area contributed by atoms with Gasteiger partial charge in [-0.15, -0.1) is 0 Å². The van der Waals surface area contributed by atoms with Gasteiger partial charge in [-0.2, -0.15) is 0 Å². The summed E-state index contributed by atoms with van der Waals surface area (Å²) in [5.41, 5.74) is 4.75. The Morgan fingerprint density at radius 1 is 2.00 bits per heavy atom. The summed E-state index contributed by atoms with van der Waals surface area (Å²) in [6, 6.07) is 0. The Labute approximate surface area is 47.3 Å². The van der Waals surface area contributed by atoms with Gasteiger partial charge in [0.15, 0.2) is 0 Å². The number of hydrogen-bond donors (Lipinski definition) is 1. The summed E-state index contributed by atoms with van der Waals surface area (Å²) in [6.07, 6.45) is 1.44. The van der Waals surface area contributed by atoms with E-state index in [2.05, 4.69) is 9.99 Å². The van der Waals surface area contributed by atoms with E-state index in [9.17, 15) is 4.79 Å². The summed E-state index contributed by atoms with van der Waals surface area (Å²) in [5, 5.41) is 3.29. The van der Waals surface area contributed by atoms with Gasteiger partial charge in [0, 0.05) is 0 Å². The van der Waals surface area contributed by atoms with Crippen molar-refractivity contribution in [2.45, 2.75) is 6.42 Å². The van der Waals surface area contributed by atoms with E-state index in [0.29, 0.717) is 0 Å². The maximum atomic E-state index is 9.95. The second-order valence-corrected chi connectivity index (χ2v) is 1.14. The number of hydrogen-bond acceptors (Lipinski definition) is 3. The largest absolute Gasteiger partial charge is 0.399 e. The molecule has 0 fully saturated rings. The maximum absolute atomic E-state index is 9.95. The first-order valence-corrected chi connectivity index (χ1v) is 2.10. The lowest BCUT2D eigenvalue weighted by Crippen LogP contribution is -2.10. The van der Waals surface area contributed by atoms with Gasteiger partial charge in [0.2, 0.25) is 5.91 Å². The molecular weight excluding hydrogens is 108 g/mol. The van der Waals surface area contributed by atoms with Crippen molar-refractivity contribution in [3.8, 4) is 0 Å². The van der Waals surface area contributed by atoms with E-state index in [-0.39, 0.29) is 6.42 Å². The van der Waals surface area contributed by atoms with Gasteiger partial charge in [-0.05, 0) is 0 Å². The molecule has 0 spiro atoms. The molecule has 1 amide bonds. The summed E-state index contributed by atoms with van der Waals surface area (Å²) in [7, 11) is 1.40. The van der Waals surface area contributed by atoms with Gasteiger partial charge in [-0.25, -0.2) is 0 Å². The molecule has 0 rings (SSSR count). The van der Waals surface area contributed by atoms with Crippen LogP contribution in [0.4, 0.5) is 0 Å². The van der Waals surface area contributed by atoms with Crippen LogP contribution in [0.15, 0.2) is 5.16 Å². The van der Waals surface area contributed by atoms with Gasteiger partial charge >= 0.3 is 0 Å². The monoisotopic (exact) mass is 116 g/mol. The van der Waals surface area contributed by atoms with E-state index < -0.39 is 5.91 Å². The van der Waals surface area contributed by atoms with Crippen LogP contribution in [0.5, 0.6) is 0 Å². The highest BCUT2D eigenvalue weighted by Gasteiger charge is 1.85. The Morgan fingerprint density at radius 2 is 2.62 bits per heavy atom. The summed E-state index contributed by atoms with van der Waals surface area (Å²) in [6.45, 7) is 0. The summed E-state index contributed by atoms with van der Waals surface area (Å²) in [5.74, 6) is -0.411. The maximum Gasteiger partial charge on any atom is 0.222 e. The minimum absolute atomic E-state index is 0.133. The number of nitrogens with two attached hydrogens (primary N) is 1. The van der Waals surface area contributed by atoms with Crippen molar-refractivity contribution < 1.29 is 9.63 Å². The number of carbonyl (C=O) groups is 1. The van der Waals surface area contributed by atoms with Gasteiger partial charge in [0.1, 0.15) is 7.11 Å². The molecule has 2 N–H and O–H groups in total. The SMILES string of the molecule is CON=CCC(N)=O. The topological polar surface area (TPSA) is 64.7 Å². The van der Waals surface area contributed by atoms with E-state index in [0.717, 1.165) is 0 Å². The number of rotatable bonds is 3. The molecule has 4 heteroatoms. The first kappa shape index (κ1) is 6.94. The highest BCUT2D eigenvalue weighted by molar-refractivity contribution is 5.88. The molecule has 4 nitrogen and oxygen atoms in total. The zero-order valence-corrected chi connectivity index (χ0v) is 4.63. The third-order valence-electron chi connectivity index (χ3n) is 0.472. The minimum atomic E-state index is -0.411. The molecule has 0 unspecified atom stereocenters. The van der Waals surface area contributed by atoms with Crippen molar-refractivity contribution in [3.05, 3.63) is 0 Å². The molecule has 0 bridgehead atoms. The van der Waals surface area contributed by atoms with Crippen LogP contribution in [0.1, 0.15) is 6.42 Å². The Hall–Kier alpha value is -1.06. The van der Waals surface area contributed by atoms with Gasteiger partial charge in [0.05, 0.1) is 12.6 Å². The highest BCUT2D eigenvalue weighted by atomic mass is 16.6. The van der Waals surface area contributed by atoms with E-state index in [1.165, 1.54) is 13.3 Å². The molecule has 0 aromatic carbocycles. The van der Waals surface area contributed by atoms with Crippen LogP contribution < -0.4 is 5.73 Å². The quantitative estimate of drug-likeness (QED) is 0.399. The fourth-order valence-electron chi connectivity index (χ4n) is 0.202. The molecule has 0 aromatic heterocycles. The smallest absolute Gasteiger partial charge is 0.222 e. The van der Waals surface area contributed by atoms with Gasteiger partial charge < -0.3 is 10.6 Å². The van der Waals surface area contributed by atoms with Crippen molar-refractivity contribution in [2.75, 3.05) is 7.11 Å². The Morgan fingerprint density at radius 3 is 3.00 bits per heavy atom. The fraction of sp³-hybridized carbons (Fsp3) is 0.500. The van der Waals surface area contributed by atoms with Gasteiger partial charge in [0.25, 0.3) is 0 Å². The number of oxime groups is 1. The van der Waals surface area contributed by atoms with Crippen LogP contribution in [-0.4, -0.2) is 19.2 Å². The van der Waals surface area contributed by atoms with E-state index in [4.69, 9.17) is 5.73 Å². The molecule has 0 radical (unpaired) electrons. The molecular formula is C4H8N2O2. The lowest BCUT2D eigenvalue weighted by Gasteiger charge is -1.82. The molecule has 0 aliphatic carbocycles. The number of nitrogens with zero attached hydrogens (tertiary/aromatic N) is 1. The predicted octanol–water partition coefficient (Wildman–Crippen LogP) is -0.506. The summed E-state index contributed by atoms with van der Waals surface area (Å²) < 4.78 is 0. The van der Waals surface area contributed by atoms with Gasteiger partial charge in [-0.3, -0.25) is 4.79 Å². The van der Waals surface area contributed by atoms with Gasteiger partial charge in [-0.1, -0.05) is 5.16 Å². The van der Waals surface area contributed by atoms with Crippen LogP contribution in [-0.2, 0) is 9.63 Å².